The molecule has 2 rings (SSSR count). The first kappa shape index (κ1) is 11.1. The number of aromatic amines is 1. The van der Waals surface area contributed by atoms with Crippen molar-refractivity contribution in [2.75, 3.05) is 11.4 Å². The smallest absolute Gasteiger partial charge is 0.207 e. The summed E-state index contributed by atoms with van der Waals surface area (Å²) in [6.45, 7) is 5.63. The van der Waals surface area contributed by atoms with E-state index in [1.54, 1.807) is 11.3 Å². The van der Waals surface area contributed by atoms with Gasteiger partial charge in [-0.25, -0.2) is 0 Å². The maximum Gasteiger partial charge on any atom is 0.207 e. The number of H-pyrrole nitrogens is 1. The van der Waals surface area contributed by atoms with Crippen molar-refractivity contribution in [1.82, 2.24) is 10.2 Å². The minimum absolute atomic E-state index is 0.720. The molecule has 0 saturated heterocycles. The minimum atomic E-state index is 0.720. The maximum absolute atomic E-state index is 5.07. The van der Waals surface area contributed by atoms with Gasteiger partial charge in [0, 0.05) is 12.6 Å². The molecule has 1 heterocycles. The summed E-state index contributed by atoms with van der Waals surface area (Å²) in [5, 5.41) is 8.20. The van der Waals surface area contributed by atoms with Crippen LogP contribution in [0.1, 0.15) is 33.1 Å². The number of hydrogen-bond donors (Lipinski definition) is 1. The molecule has 0 atom stereocenters. The standard InChI is InChI=1S/C10H17N3S2/c1-7(2)5-6-13(8-3-4-8)9-11-12-10(14)15-9/h7-8H,3-6H2,1-2H3,(H,12,14). The number of nitrogens with one attached hydrogen (secondary N) is 1. The minimum Gasteiger partial charge on any atom is -0.344 e. The van der Waals surface area contributed by atoms with Crippen molar-refractivity contribution in [2.45, 2.75) is 39.2 Å². The van der Waals surface area contributed by atoms with Crippen LogP contribution in [0, 0.1) is 9.87 Å². The third-order valence-corrected chi connectivity index (χ3v) is 3.73. The van der Waals surface area contributed by atoms with Gasteiger partial charge in [-0.3, -0.25) is 5.10 Å². The SMILES string of the molecule is CC(C)CCN(c1n[nH]c(=S)s1)C1CC1. The van der Waals surface area contributed by atoms with Crippen molar-refractivity contribution in [3.63, 3.8) is 0 Å². The zero-order valence-electron chi connectivity index (χ0n) is 9.19. The summed E-state index contributed by atoms with van der Waals surface area (Å²) < 4.78 is 0.778. The van der Waals surface area contributed by atoms with Crippen LogP contribution in [-0.2, 0) is 0 Å². The molecule has 1 aromatic rings. The number of aromatic nitrogens is 2. The summed E-state index contributed by atoms with van der Waals surface area (Å²) in [4.78, 5) is 2.41. The first-order valence-corrected chi connectivity index (χ1v) is 6.71. The molecule has 84 valence electrons. The summed E-state index contributed by atoms with van der Waals surface area (Å²) in [5.74, 6) is 0.748. The summed E-state index contributed by atoms with van der Waals surface area (Å²) in [5.41, 5.74) is 0. The fourth-order valence-electron chi connectivity index (χ4n) is 1.56. The van der Waals surface area contributed by atoms with Crippen LogP contribution in [0.4, 0.5) is 5.13 Å². The quantitative estimate of drug-likeness (QED) is 0.806. The van der Waals surface area contributed by atoms with Crippen LogP contribution >= 0.6 is 23.6 Å². The fraction of sp³-hybridized carbons (Fsp3) is 0.800. The summed E-state index contributed by atoms with van der Waals surface area (Å²) in [6.07, 6.45) is 3.84. The number of nitrogens with zero attached hydrogens (tertiary/aromatic N) is 2. The second kappa shape index (κ2) is 4.61. The van der Waals surface area contributed by atoms with E-state index in [0.717, 1.165) is 27.6 Å². The fourth-order valence-corrected chi connectivity index (χ4v) is 2.54. The zero-order valence-corrected chi connectivity index (χ0v) is 10.8. The van der Waals surface area contributed by atoms with Crippen LogP contribution in [0.25, 0.3) is 0 Å². The molecule has 0 bridgehead atoms. The van der Waals surface area contributed by atoms with Gasteiger partial charge in [0.15, 0.2) is 3.95 Å². The average molecular weight is 243 g/mol. The topological polar surface area (TPSA) is 31.9 Å². The molecule has 15 heavy (non-hydrogen) atoms. The molecule has 1 fully saturated rings. The predicted molar refractivity (Wildman–Crippen MR) is 67.1 cm³/mol. The molecule has 0 radical (unpaired) electrons. The van der Waals surface area contributed by atoms with E-state index in [-0.39, 0.29) is 0 Å². The number of rotatable bonds is 5. The third-order valence-electron chi connectivity index (χ3n) is 2.61. The first-order valence-electron chi connectivity index (χ1n) is 5.49. The Morgan fingerprint density at radius 2 is 2.33 bits per heavy atom. The highest BCUT2D eigenvalue weighted by atomic mass is 32.1. The van der Waals surface area contributed by atoms with Crippen molar-refractivity contribution in [1.29, 1.82) is 0 Å². The molecule has 1 aliphatic carbocycles. The number of anilines is 1. The molecule has 5 heteroatoms. The van der Waals surface area contributed by atoms with Gasteiger partial charge in [-0.15, -0.1) is 5.10 Å². The van der Waals surface area contributed by atoms with E-state index in [9.17, 15) is 0 Å². The van der Waals surface area contributed by atoms with Crippen LogP contribution in [0.5, 0.6) is 0 Å². The van der Waals surface area contributed by atoms with Crippen LogP contribution < -0.4 is 4.90 Å². The highest BCUT2D eigenvalue weighted by Crippen LogP contribution is 2.33. The van der Waals surface area contributed by atoms with Crippen LogP contribution in [0.3, 0.4) is 0 Å². The van der Waals surface area contributed by atoms with E-state index in [2.05, 4.69) is 28.9 Å². The van der Waals surface area contributed by atoms with Gasteiger partial charge in [-0.2, -0.15) is 0 Å². The van der Waals surface area contributed by atoms with Crippen molar-refractivity contribution in [3.8, 4) is 0 Å². The van der Waals surface area contributed by atoms with Crippen LogP contribution in [0.2, 0.25) is 0 Å². The average Bonchev–Trinajstić information content (AvgIpc) is 2.90. The molecule has 1 aliphatic rings. The van der Waals surface area contributed by atoms with Crippen molar-refractivity contribution in [3.05, 3.63) is 3.95 Å². The lowest BCUT2D eigenvalue weighted by Gasteiger charge is -2.21. The van der Waals surface area contributed by atoms with Crippen molar-refractivity contribution < 1.29 is 0 Å². The molecule has 3 nitrogen and oxygen atoms in total. The van der Waals surface area contributed by atoms with E-state index >= 15 is 0 Å². The van der Waals surface area contributed by atoms with E-state index in [1.165, 1.54) is 19.3 Å². The van der Waals surface area contributed by atoms with Gasteiger partial charge >= 0.3 is 0 Å². The van der Waals surface area contributed by atoms with Crippen molar-refractivity contribution >= 4 is 28.7 Å². The lowest BCUT2D eigenvalue weighted by molar-refractivity contribution is 0.569. The molecular weight excluding hydrogens is 226 g/mol. The zero-order chi connectivity index (χ0) is 10.8. The Morgan fingerprint density at radius 1 is 1.60 bits per heavy atom. The Hall–Kier alpha value is -0.420. The van der Waals surface area contributed by atoms with E-state index in [4.69, 9.17) is 12.2 Å². The second-order valence-corrected chi connectivity index (χ2v) is 6.15. The first-order chi connectivity index (χ1) is 7.16. The molecule has 1 saturated carbocycles. The molecule has 0 aliphatic heterocycles. The van der Waals surface area contributed by atoms with Crippen LogP contribution in [0.15, 0.2) is 0 Å². The summed E-state index contributed by atoms with van der Waals surface area (Å²) >= 11 is 6.66. The lowest BCUT2D eigenvalue weighted by Crippen LogP contribution is -2.27. The van der Waals surface area contributed by atoms with Gasteiger partial charge in [0.05, 0.1) is 0 Å². The molecular formula is C10H17N3S2. The second-order valence-electron chi connectivity index (χ2n) is 4.50. The molecule has 0 spiro atoms. The molecule has 1 N–H and O–H groups in total. The highest BCUT2D eigenvalue weighted by Gasteiger charge is 2.30. The molecule has 0 unspecified atom stereocenters. The van der Waals surface area contributed by atoms with E-state index in [0.29, 0.717) is 0 Å². The van der Waals surface area contributed by atoms with Gasteiger partial charge < -0.3 is 4.90 Å². The van der Waals surface area contributed by atoms with Crippen molar-refractivity contribution in [2.24, 2.45) is 5.92 Å². The normalized spacial score (nSPS) is 15.9. The van der Waals surface area contributed by atoms with Gasteiger partial charge in [0.1, 0.15) is 0 Å². The number of hydrogen-bond acceptors (Lipinski definition) is 4. The Balaban J connectivity index is 2.02. The van der Waals surface area contributed by atoms with Gasteiger partial charge in [-0.1, -0.05) is 25.2 Å². The Morgan fingerprint density at radius 3 is 2.80 bits per heavy atom. The molecule has 0 amide bonds. The summed E-state index contributed by atoms with van der Waals surface area (Å²) in [7, 11) is 0. The Labute approximate surface area is 99.5 Å². The van der Waals surface area contributed by atoms with Gasteiger partial charge in [0.25, 0.3) is 0 Å². The highest BCUT2D eigenvalue weighted by molar-refractivity contribution is 7.73. The Bertz CT molecular complexity index is 365. The van der Waals surface area contributed by atoms with E-state index < -0.39 is 0 Å². The Kier molecular flexibility index (Phi) is 3.41. The largest absolute Gasteiger partial charge is 0.344 e. The summed E-state index contributed by atoms with van der Waals surface area (Å²) in [6, 6.07) is 0.720. The third kappa shape index (κ3) is 3.01. The maximum atomic E-state index is 5.07. The molecule has 1 aromatic heterocycles. The van der Waals surface area contributed by atoms with E-state index in [1.807, 2.05) is 0 Å². The van der Waals surface area contributed by atoms with Gasteiger partial charge in [0.2, 0.25) is 5.13 Å². The predicted octanol–water partition coefficient (Wildman–Crippen LogP) is 3.22. The monoisotopic (exact) mass is 243 g/mol. The van der Waals surface area contributed by atoms with Crippen LogP contribution in [-0.4, -0.2) is 22.8 Å². The lowest BCUT2D eigenvalue weighted by atomic mass is 10.1. The van der Waals surface area contributed by atoms with Gasteiger partial charge in [-0.05, 0) is 37.4 Å². The molecule has 0 aromatic carbocycles.